The summed E-state index contributed by atoms with van der Waals surface area (Å²) in [6.07, 6.45) is 1.53. The Balaban J connectivity index is 2.83. The van der Waals surface area contributed by atoms with Crippen LogP contribution in [0.15, 0.2) is 0 Å². The van der Waals surface area contributed by atoms with Crippen LogP contribution in [0.5, 0.6) is 0 Å². The molecule has 15 heavy (non-hydrogen) atoms. The van der Waals surface area contributed by atoms with E-state index < -0.39 is 11.9 Å². The van der Waals surface area contributed by atoms with E-state index in [4.69, 9.17) is 11.5 Å². The SMILES string of the molecule is CCc1nc(CC)n(CC(N)C(N)=O)n1. The number of aromatic nitrogens is 3. The molecule has 0 saturated carbocycles. The molecule has 1 amide bonds. The molecule has 1 heterocycles. The number of hydrogen-bond acceptors (Lipinski definition) is 4. The smallest absolute Gasteiger partial charge is 0.236 e. The van der Waals surface area contributed by atoms with Crippen molar-refractivity contribution in [1.82, 2.24) is 14.8 Å². The fourth-order valence-corrected chi connectivity index (χ4v) is 1.26. The second-order valence-electron chi connectivity index (χ2n) is 3.34. The largest absolute Gasteiger partial charge is 0.368 e. The molecule has 0 aliphatic rings. The molecule has 0 radical (unpaired) electrons. The summed E-state index contributed by atoms with van der Waals surface area (Å²) in [5, 5.41) is 4.24. The summed E-state index contributed by atoms with van der Waals surface area (Å²) in [5.41, 5.74) is 10.6. The van der Waals surface area contributed by atoms with Gasteiger partial charge >= 0.3 is 0 Å². The van der Waals surface area contributed by atoms with Crippen LogP contribution in [-0.4, -0.2) is 26.7 Å². The topological polar surface area (TPSA) is 99.8 Å². The summed E-state index contributed by atoms with van der Waals surface area (Å²) in [5.74, 6) is 1.08. The van der Waals surface area contributed by atoms with Gasteiger partial charge in [0, 0.05) is 12.8 Å². The zero-order valence-corrected chi connectivity index (χ0v) is 9.10. The van der Waals surface area contributed by atoms with Crippen LogP contribution in [0.1, 0.15) is 25.5 Å². The van der Waals surface area contributed by atoms with Gasteiger partial charge in [-0.2, -0.15) is 5.10 Å². The van der Waals surface area contributed by atoms with Gasteiger partial charge in [-0.3, -0.25) is 4.79 Å². The summed E-state index contributed by atoms with van der Waals surface area (Å²) in [6.45, 7) is 4.26. The number of carbonyl (C=O) groups is 1. The molecule has 1 rings (SSSR count). The Morgan fingerprint density at radius 1 is 1.47 bits per heavy atom. The van der Waals surface area contributed by atoms with Crippen molar-refractivity contribution in [2.45, 2.75) is 39.3 Å². The first-order valence-electron chi connectivity index (χ1n) is 5.06. The van der Waals surface area contributed by atoms with Gasteiger partial charge in [0.15, 0.2) is 5.82 Å². The highest BCUT2D eigenvalue weighted by atomic mass is 16.1. The number of hydrogen-bond donors (Lipinski definition) is 2. The molecule has 0 aliphatic carbocycles. The van der Waals surface area contributed by atoms with Gasteiger partial charge in [-0.15, -0.1) is 0 Å². The molecule has 6 heteroatoms. The molecule has 4 N–H and O–H groups in total. The number of nitrogens with zero attached hydrogens (tertiary/aromatic N) is 3. The highest BCUT2D eigenvalue weighted by Crippen LogP contribution is 2.01. The molecule has 84 valence electrons. The Hall–Kier alpha value is -1.43. The lowest BCUT2D eigenvalue weighted by Gasteiger charge is -2.08. The maximum atomic E-state index is 10.8. The molecule has 0 aromatic carbocycles. The maximum Gasteiger partial charge on any atom is 0.236 e. The summed E-state index contributed by atoms with van der Waals surface area (Å²) >= 11 is 0. The average Bonchev–Trinajstić information content (AvgIpc) is 2.60. The standard InChI is InChI=1S/C9H17N5O/c1-3-7-12-8(4-2)14(13-7)5-6(10)9(11)15/h6H,3-5,10H2,1-2H3,(H2,11,15). The third-order valence-electron chi connectivity index (χ3n) is 2.16. The molecule has 0 saturated heterocycles. The van der Waals surface area contributed by atoms with Crippen LogP contribution in [0.25, 0.3) is 0 Å². The van der Waals surface area contributed by atoms with Gasteiger partial charge in [-0.25, -0.2) is 9.67 Å². The Morgan fingerprint density at radius 2 is 2.13 bits per heavy atom. The minimum absolute atomic E-state index is 0.297. The van der Waals surface area contributed by atoms with Gasteiger partial charge in [0.05, 0.1) is 6.54 Å². The third kappa shape index (κ3) is 2.76. The Morgan fingerprint density at radius 3 is 2.60 bits per heavy atom. The summed E-state index contributed by atoms with van der Waals surface area (Å²) in [6, 6.07) is -0.707. The number of carbonyl (C=O) groups excluding carboxylic acids is 1. The van der Waals surface area contributed by atoms with Crippen molar-refractivity contribution >= 4 is 5.91 Å². The summed E-state index contributed by atoms with van der Waals surface area (Å²) < 4.78 is 1.66. The highest BCUT2D eigenvalue weighted by molar-refractivity contribution is 5.79. The Bertz CT molecular complexity index is 346. The van der Waals surface area contributed by atoms with Crippen LogP contribution in [0.3, 0.4) is 0 Å². The van der Waals surface area contributed by atoms with Crippen LogP contribution in [-0.2, 0) is 24.2 Å². The van der Waals surface area contributed by atoms with Crippen molar-refractivity contribution in [2.75, 3.05) is 0 Å². The molecule has 0 bridgehead atoms. The molecule has 0 aliphatic heterocycles. The van der Waals surface area contributed by atoms with E-state index in [1.165, 1.54) is 0 Å². The van der Waals surface area contributed by atoms with Crippen LogP contribution in [0.2, 0.25) is 0 Å². The average molecular weight is 211 g/mol. The van der Waals surface area contributed by atoms with E-state index in [0.717, 1.165) is 24.5 Å². The molecule has 6 nitrogen and oxygen atoms in total. The van der Waals surface area contributed by atoms with E-state index in [1.54, 1.807) is 4.68 Å². The zero-order valence-electron chi connectivity index (χ0n) is 9.10. The van der Waals surface area contributed by atoms with Gasteiger partial charge in [0.25, 0.3) is 0 Å². The zero-order chi connectivity index (χ0) is 11.4. The van der Waals surface area contributed by atoms with Gasteiger partial charge in [-0.05, 0) is 0 Å². The Kier molecular flexibility index (Phi) is 3.79. The molecule has 0 fully saturated rings. The van der Waals surface area contributed by atoms with Crippen molar-refractivity contribution < 1.29 is 4.79 Å². The van der Waals surface area contributed by atoms with E-state index in [0.29, 0.717) is 6.54 Å². The second kappa shape index (κ2) is 4.88. The summed E-state index contributed by atoms with van der Waals surface area (Å²) in [4.78, 5) is 15.1. The number of amides is 1. The van der Waals surface area contributed by atoms with Crippen molar-refractivity contribution in [3.8, 4) is 0 Å². The number of aryl methyl sites for hydroxylation is 2. The van der Waals surface area contributed by atoms with Crippen molar-refractivity contribution in [1.29, 1.82) is 0 Å². The molecule has 1 unspecified atom stereocenters. The van der Waals surface area contributed by atoms with Crippen molar-refractivity contribution in [2.24, 2.45) is 11.5 Å². The predicted molar refractivity (Wildman–Crippen MR) is 55.9 cm³/mol. The van der Waals surface area contributed by atoms with Crippen LogP contribution in [0, 0.1) is 0 Å². The van der Waals surface area contributed by atoms with E-state index in [-0.39, 0.29) is 0 Å². The fourth-order valence-electron chi connectivity index (χ4n) is 1.26. The van der Waals surface area contributed by atoms with E-state index in [1.807, 2.05) is 13.8 Å². The van der Waals surface area contributed by atoms with Crippen molar-refractivity contribution in [3.05, 3.63) is 11.6 Å². The molecule has 1 atom stereocenters. The molecular formula is C9H17N5O. The van der Waals surface area contributed by atoms with Crippen LogP contribution < -0.4 is 11.5 Å². The third-order valence-corrected chi connectivity index (χ3v) is 2.16. The van der Waals surface area contributed by atoms with Crippen molar-refractivity contribution in [3.63, 3.8) is 0 Å². The van der Waals surface area contributed by atoms with Gasteiger partial charge < -0.3 is 11.5 Å². The van der Waals surface area contributed by atoms with Crippen LogP contribution >= 0.6 is 0 Å². The van der Waals surface area contributed by atoms with E-state index in [9.17, 15) is 4.79 Å². The lowest BCUT2D eigenvalue weighted by atomic mass is 10.3. The van der Waals surface area contributed by atoms with Gasteiger partial charge in [0.2, 0.25) is 5.91 Å². The minimum Gasteiger partial charge on any atom is -0.368 e. The quantitative estimate of drug-likeness (QED) is 0.667. The highest BCUT2D eigenvalue weighted by Gasteiger charge is 2.14. The van der Waals surface area contributed by atoms with Gasteiger partial charge in [0.1, 0.15) is 11.9 Å². The first-order valence-corrected chi connectivity index (χ1v) is 5.06. The molecule has 1 aromatic heterocycles. The molecule has 1 aromatic rings. The van der Waals surface area contributed by atoms with E-state index >= 15 is 0 Å². The molecular weight excluding hydrogens is 194 g/mol. The normalized spacial score (nSPS) is 12.7. The van der Waals surface area contributed by atoms with Gasteiger partial charge in [-0.1, -0.05) is 13.8 Å². The molecule has 0 spiro atoms. The minimum atomic E-state index is -0.707. The Labute approximate surface area is 88.7 Å². The maximum absolute atomic E-state index is 10.8. The van der Waals surface area contributed by atoms with E-state index in [2.05, 4.69) is 10.1 Å². The second-order valence-corrected chi connectivity index (χ2v) is 3.34. The number of rotatable bonds is 5. The van der Waals surface area contributed by atoms with Crippen LogP contribution in [0.4, 0.5) is 0 Å². The summed E-state index contributed by atoms with van der Waals surface area (Å²) in [7, 11) is 0. The lowest BCUT2D eigenvalue weighted by Crippen LogP contribution is -2.40. The number of primary amides is 1. The predicted octanol–water partition coefficient (Wildman–Crippen LogP) is -0.784. The fraction of sp³-hybridized carbons (Fsp3) is 0.667. The lowest BCUT2D eigenvalue weighted by molar-refractivity contribution is -0.119. The first-order chi connectivity index (χ1) is 7.08. The number of nitrogens with two attached hydrogens (primary N) is 2. The monoisotopic (exact) mass is 211 g/mol. The first kappa shape index (κ1) is 11.6.